The minimum Gasteiger partial charge on any atom is -0.335 e. The van der Waals surface area contributed by atoms with E-state index >= 15 is 0 Å². The number of anilines is 1. The molecule has 0 aliphatic carbocycles. The van der Waals surface area contributed by atoms with Gasteiger partial charge in [-0.3, -0.25) is 14.5 Å². The zero-order chi connectivity index (χ0) is 26.4. The first kappa shape index (κ1) is 24.6. The van der Waals surface area contributed by atoms with E-state index in [2.05, 4.69) is 9.88 Å². The third-order valence-electron chi connectivity index (χ3n) is 7.33. The lowest BCUT2D eigenvalue weighted by Crippen LogP contribution is -2.52. The molecule has 196 valence electrons. The fourth-order valence-electron chi connectivity index (χ4n) is 5.29. The van der Waals surface area contributed by atoms with Gasteiger partial charge in [-0.25, -0.2) is 4.98 Å². The van der Waals surface area contributed by atoms with Crippen LogP contribution in [0.2, 0.25) is 0 Å². The average molecular weight is 540 g/mol. The minimum absolute atomic E-state index is 0.0495. The second-order valence-corrected chi connectivity index (χ2v) is 10.3. The van der Waals surface area contributed by atoms with Crippen LogP contribution in [0.3, 0.4) is 0 Å². The quantitative estimate of drug-likeness (QED) is 0.378. The van der Waals surface area contributed by atoms with Crippen molar-refractivity contribution < 1.29 is 22.8 Å². The van der Waals surface area contributed by atoms with Gasteiger partial charge in [-0.05, 0) is 48.5 Å². The van der Waals surface area contributed by atoms with Crippen molar-refractivity contribution in [1.82, 2.24) is 19.4 Å². The van der Waals surface area contributed by atoms with E-state index < -0.39 is 11.7 Å². The number of carbonyl (C=O) groups is 2. The van der Waals surface area contributed by atoms with Crippen LogP contribution in [0.25, 0.3) is 16.6 Å². The highest BCUT2D eigenvalue weighted by atomic mass is 32.1. The zero-order valence-electron chi connectivity index (χ0n) is 20.3. The first-order chi connectivity index (χ1) is 18.3. The number of fused-ring (bicyclic) bond motifs is 1. The summed E-state index contributed by atoms with van der Waals surface area (Å²) in [4.78, 5) is 35.5. The molecular formula is C27H24F3N5O2S. The van der Waals surface area contributed by atoms with Crippen LogP contribution in [-0.2, 0) is 11.0 Å². The molecule has 4 aromatic rings. The van der Waals surface area contributed by atoms with Crippen LogP contribution in [-0.4, -0.2) is 69.9 Å². The number of rotatable bonds is 4. The Morgan fingerprint density at radius 3 is 2.39 bits per heavy atom. The molecule has 2 saturated heterocycles. The summed E-state index contributed by atoms with van der Waals surface area (Å²) in [6.45, 7) is 3.19. The molecule has 0 N–H and O–H groups in total. The molecule has 2 amide bonds. The number of hydrogen-bond acceptors (Lipinski definition) is 5. The van der Waals surface area contributed by atoms with E-state index in [0.29, 0.717) is 50.5 Å². The topological polar surface area (TPSA) is 61.7 Å². The number of carbonyl (C=O) groups excluding carboxylic acids is 2. The number of thiazole rings is 1. The summed E-state index contributed by atoms with van der Waals surface area (Å²) in [7, 11) is 0. The first-order valence-corrected chi connectivity index (χ1v) is 13.2. The van der Waals surface area contributed by atoms with E-state index in [1.54, 1.807) is 15.8 Å². The van der Waals surface area contributed by atoms with Crippen molar-refractivity contribution in [3.63, 3.8) is 0 Å². The smallest absolute Gasteiger partial charge is 0.335 e. The Bertz CT molecular complexity index is 1470. The second-order valence-electron chi connectivity index (χ2n) is 9.54. The van der Waals surface area contributed by atoms with Crippen LogP contribution in [0, 0.1) is 0 Å². The lowest BCUT2D eigenvalue weighted by atomic mass is 10.2. The number of aromatic nitrogens is 2. The second kappa shape index (κ2) is 9.55. The summed E-state index contributed by atoms with van der Waals surface area (Å²) in [6, 6.07) is 12.8. The van der Waals surface area contributed by atoms with Gasteiger partial charge >= 0.3 is 6.18 Å². The Morgan fingerprint density at radius 2 is 1.71 bits per heavy atom. The molecule has 0 saturated carbocycles. The fourth-order valence-corrected chi connectivity index (χ4v) is 5.81. The molecule has 2 aliphatic heterocycles. The molecule has 0 spiro atoms. The Morgan fingerprint density at radius 1 is 0.974 bits per heavy atom. The van der Waals surface area contributed by atoms with Crippen LogP contribution in [0.5, 0.6) is 0 Å². The maximum Gasteiger partial charge on any atom is 0.416 e. The highest BCUT2D eigenvalue weighted by molar-refractivity contribution is 7.07. The molecule has 0 radical (unpaired) electrons. The molecule has 38 heavy (non-hydrogen) atoms. The molecule has 2 fully saturated rings. The Hall–Kier alpha value is -3.70. The molecule has 2 aromatic carbocycles. The maximum absolute atomic E-state index is 13.0. The van der Waals surface area contributed by atoms with Gasteiger partial charge in [-0.2, -0.15) is 13.2 Å². The maximum atomic E-state index is 13.0. The van der Waals surface area contributed by atoms with E-state index in [1.807, 2.05) is 39.9 Å². The van der Waals surface area contributed by atoms with Crippen LogP contribution in [0.15, 0.2) is 65.6 Å². The van der Waals surface area contributed by atoms with Crippen molar-refractivity contribution in [1.29, 1.82) is 0 Å². The summed E-state index contributed by atoms with van der Waals surface area (Å²) < 4.78 is 40.6. The van der Waals surface area contributed by atoms with Gasteiger partial charge in [0.15, 0.2) is 0 Å². The van der Waals surface area contributed by atoms with Crippen molar-refractivity contribution in [3.05, 3.63) is 76.9 Å². The molecule has 2 aromatic heterocycles. The highest BCUT2D eigenvalue weighted by Gasteiger charge is 2.36. The summed E-state index contributed by atoms with van der Waals surface area (Å²) in [5.41, 5.74) is 3.72. The van der Waals surface area contributed by atoms with Crippen molar-refractivity contribution in [3.8, 4) is 5.69 Å². The van der Waals surface area contributed by atoms with Crippen LogP contribution in [0.4, 0.5) is 18.9 Å². The molecule has 0 bridgehead atoms. The summed E-state index contributed by atoms with van der Waals surface area (Å²) in [5.74, 6) is 0.00376. The molecule has 11 heteroatoms. The number of piperazine rings is 1. The predicted molar refractivity (Wildman–Crippen MR) is 139 cm³/mol. The predicted octanol–water partition coefficient (Wildman–Crippen LogP) is 4.67. The van der Waals surface area contributed by atoms with E-state index in [1.165, 1.54) is 23.5 Å². The van der Waals surface area contributed by atoms with E-state index in [-0.39, 0.29) is 17.9 Å². The third-order valence-corrected chi connectivity index (χ3v) is 7.92. The minimum atomic E-state index is -4.38. The average Bonchev–Trinajstić information content (AvgIpc) is 3.68. The Kier molecular flexibility index (Phi) is 6.19. The van der Waals surface area contributed by atoms with Gasteiger partial charge < -0.3 is 14.4 Å². The number of benzene rings is 2. The van der Waals surface area contributed by atoms with E-state index in [4.69, 9.17) is 0 Å². The fraction of sp³-hybridized carbons (Fsp3) is 0.296. The Labute approximate surface area is 220 Å². The van der Waals surface area contributed by atoms with Gasteiger partial charge in [-0.15, -0.1) is 11.3 Å². The van der Waals surface area contributed by atoms with Crippen molar-refractivity contribution in [2.75, 3.05) is 37.6 Å². The van der Waals surface area contributed by atoms with Gasteiger partial charge in [0, 0.05) is 73.5 Å². The highest BCUT2D eigenvalue weighted by Crippen LogP contribution is 2.32. The normalized spacial score (nSPS) is 19.0. The van der Waals surface area contributed by atoms with E-state index in [0.717, 1.165) is 28.7 Å². The summed E-state index contributed by atoms with van der Waals surface area (Å²) >= 11 is 1.40. The lowest BCUT2D eigenvalue weighted by molar-refractivity contribution is -0.137. The number of nitrogens with zero attached hydrogens (tertiary/aromatic N) is 5. The molecule has 6 rings (SSSR count). The molecule has 4 heterocycles. The monoisotopic (exact) mass is 539 g/mol. The number of hydrogen-bond donors (Lipinski definition) is 0. The van der Waals surface area contributed by atoms with Crippen LogP contribution in [0.1, 0.15) is 22.5 Å². The van der Waals surface area contributed by atoms with Crippen molar-refractivity contribution in [2.45, 2.75) is 18.6 Å². The molecule has 2 aliphatic rings. The standard InChI is InChI=1S/C27H24F3N5O2S/c28-27(29,30)19-1-3-20(4-2-19)34-8-7-18-13-21(5-6-24(18)34)35-15-22(14-25(35)36)32-9-11-33(12-10-32)26(37)23-16-38-17-31-23/h1-8,13,16-17,22H,9-12,14-15H2. The van der Waals surface area contributed by atoms with Gasteiger partial charge in [0.25, 0.3) is 5.91 Å². The van der Waals surface area contributed by atoms with E-state index in [9.17, 15) is 22.8 Å². The number of alkyl halides is 3. The van der Waals surface area contributed by atoms with Crippen molar-refractivity contribution in [2.24, 2.45) is 0 Å². The lowest BCUT2D eigenvalue weighted by Gasteiger charge is -2.37. The molecule has 1 atom stereocenters. The van der Waals surface area contributed by atoms with Crippen molar-refractivity contribution >= 4 is 39.7 Å². The molecule has 1 unspecified atom stereocenters. The third kappa shape index (κ3) is 4.56. The summed E-state index contributed by atoms with van der Waals surface area (Å²) in [6.07, 6.45) is -2.14. The first-order valence-electron chi connectivity index (χ1n) is 12.3. The number of halogens is 3. The van der Waals surface area contributed by atoms with Gasteiger partial charge in [0.2, 0.25) is 5.91 Å². The van der Waals surface area contributed by atoms with Gasteiger partial charge in [0.05, 0.1) is 16.6 Å². The van der Waals surface area contributed by atoms with Gasteiger partial charge in [-0.1, -0.05) is 0 Å². The SMILES string of the molecule is O=C(c1cscn1)N1CCN(C2CC(=O)N(c3ccc4c(ccn4-c4ccc(C(F)(F)F)cc4)c3)C2)CC1. The summed E-state index contributed by atoms with van der Waals surface area (Å²) in [5, 5.41) is 2.66. The van der Waals surface area contributed by atoms with Gasteiger partial charge in [0.1, 0.15) is 5.69 Å². The van der Waals surface area contributed by atoms with Crippen LogP contribution < -0.4 is 4.90 Å². The zero-order valence-corrected chi connectivity index (χ0v) is 21.1. The molecule has 7 nitrogen and oxygen atoms in total. The number of amides is 2. The largest absolute Gasteiger partial charge is 0.416 e. The Balaban J connectivity index is 1.13. The molecular weight excluding hydrogens is 515 g/mol. The van der Waals surface area contributed by atoms with Crippen LogP contribution >= 0.6 is 11.3 Å².